The van der Waals surface area contributed by atoms with Gasteiger partial charge in [0.1, 0.15) is 12.4 Å². The first-order valence-corrected chi connectivity index (χ1v) is 17.6. The molecule has 0 bridgehead atoms. The third-order valence-corrected chi connectivity index (χ3v) is 10.3. The molecule has 0 radical (unpaired) electrons. The quantitative estimate of drug-likeness (QED) is 0.207. The van der Waals surface area contributed by atoms with Gasteiger partial charge in [-0.3, -0.25) is 9.78 Å². The molecule has 4 aromatic rings. The number of anilines is 2. The van der Waals surface area contributed by atoms with Crippen molar-refractivity contribution in [2.45, 2.75) is 51.2 Å². The lowest BCUT2D eigenvalue weighted by Crippen LogP contribution is -2.56. The summed E-state index contributed by atoms with van der Waals surface area (Å²) in [7, 11) is 2.11. The van der Waals surface area contributed by atoms with E-state index in [-0.39, 0.29) is 13.0 Å². The van der Waals surface area contributed by atoms with Crippen LogP contribution in [0.4, 0.5) is 15.9 Å². The highest BCUT2D eigenvalue weighted by Crippen LogP contribution is 2.37. The fourth-order valence-electron chi connectivity index (χ4n) is 7.39. The number of piperazine rings is 1. The monoisotopic (exact) mass is 694 g/mol. The minimum Gasteiger partial charge on any atom is -0.462 e. The molecule has 3 aliphatic rings. The zero-order chi connectivity index (χ0) is 34.8. The molecule has 7 rings (SSSR count). The predicted molar refractivity (Wildman–Crippen MR) is 193 cm³/mol. The van der Waals surface area contributed by atoms with Crippen molar-refractivity contribution in [3.8, 4) is 12.1 Å². The third-order valence-electron chi connectivity index (χ3n) is 10.0. The fraction of sp³-hybridized carbons (Fsp3) is 0.395. The Hall–Kier alpha value is -4.79. The summed E-state index contributed by atoms with van der Waals surface area (Å²) in [5.74, 6) is -0.900. The van der Waals surface area contributed by atoms with E-state index in [4.69, 9.17) is 26.3 Å². The van der Waals surface area contributed by atoms with Gasteiger partial charge in [0.25, 0.3) is 5.91 Å². The summed E-state index contributed by atoms with van der Waals surface area (Å²) in [5, 5.41) is 12.5. The molecule has 2 atom stereocenters. The van der Waals surface area contributed by atoms with E-state index in [1.54, 1.807) is 12.1 Å². The number of hydrogen-bond acceptors (Lipinski definition) is 9. The van der Waals surface area contributed by atoms with Crippen LogP contribution >= 0.6 is 11.6 Å². The van der Waals surface area contributed by atoms with Crippen LogP contribution in [0, 0.1) is 18.3 Å². The first kappa shape index (κ1) is 33.7. The van der Waals surface area contributed by atoms with Crippen molar-refractivity contribution in [2.75, 3.05) is 56.2 Å². The van der Waals surface area contributed by atoms with Crippen LogP contribution in [-0.2, 0) is 17.8 Å². The van der Waals surface area contributed by atoms with Gasteiger partial charge in [-0.05, 0) is 69.4 Å². The van der Waals surface area contributed by atoms with Gasteiger partial charge >= 0.3 is 6.01 Å². The molecule has 0 saturated carbocycles. The topological polar surface area (TPSA) is 102 Å². The molecule has 0 N–H and O–H groups in total. The molecule has 12 heteroatoms. The van der Waals surface area contributed by atoms with Gasteiger partial charge in [-0.1, -0.05) is 41.9 Å². The molecule has 0 unspecified atom stereocenters. The number of nitrogens with zero attached hydrogens (tertiary/aromatic N) is 8. The predicted octanol–water partition coefficient (Wildman–Crippen LogP) is 5.96. The van der Waals surface area contributed by atoms with Crippen LogP contribution in [0.1, 0.15) is 41.9 Å². The van der Waals surface area contributed by atoms with Crippen molar-refractivity contribution in [3.05, 3.63) is 88.1 Å². The maximum absolute atomic E-state index is 15.3. The number of aromatic nitrogens is 3. The van der Waals surface area contributed by atoms with Crippen LogP contribution in [0.3, 0.4) is 0 Å². The molecule has 258 valence electrons. The van der Waals surface area contributed by atoms with Crippen molar-refractivity contribution < 1.29 is 13.9 Å². The van der Waals surface area contributed by atoms with E-state index in [0.717, 1.165) is 71.2 Å². The number of ether oxygens (including phenoxy) is 1. The number of likely N-dealkylation sites (N-methyl/N-ethyl adjacent to an activating group) is 1. The molecule has 10 nitrogen and oxygen atoms in total. The summed E-state index contributed by atoms with van der Waals surface area (Å²) < 4.78 is 21.6. The Morgan fingerprint density at radius 3 is 2.64 bits per heavy atom. The molecule has 2 aromatic heterocycles. The van der Waals surface area contributed by atoms with Crippen molar-refractivity contribution in [2.24, 2.45) is 0 Å². The third kappa shape index (κ3) is 6.96. The summed E-state index contributed by atoms with van der Waals surface area (Å²) >= 11 is 6.72. The van der Waals surface area contributed by atoms with Gasteiger partial charge in [0.15, 0.2) is 5.83 Å². The van der Waals surface area contributed by atoms with Crippen molar-refractivity contribution in [3.63, 3.8) is 0 Å². The second-order valence-electron chi connectivity index (χ2n) is 13.3. The molecule has 3 aliphatic heterocycles. The minimum absolute atomic E-state index is 0.0540. The second-order valence-corrected chi connectivity index (χ2v) is 13.7. The number of likely N-dealkylation sites (tertiary alicyclic amines) is 1. The highest BCUT2D eigenvalue weighted by atomic mass is 35.5. The number of amides is 1. The lowest BCUT2D eigenvalue weighted by atomic mass is 10.0. The summed E-state index contributed by atoms with van der Waals surface area (Å²) in [6.45, 7) is 5.57. The zero-order valence-corrected chi connectivity index (χ0v) is 29.1. The van der Waals surface area contributed by atoms with Crippen molar-refractivity contribution in [1.82, 2.24) is 24.8 Å². The van der Waals surface area contributed by atoms with Gasteiger partial charge in [0, 0.05) is 60.6 Å². The molecule has 1 amide bonds. The van der Waals surface area contributed by atoms with E-state index in [0.29, 0.717) is 55.4 Å². The first-order valence-electron chi connectivity index (χ1n) is 17.2. The van der Waals surface area contributed by atoms with Crippen LogP contribution in [0.25, 0.3) is 16.8 Å². The fourth-order valence-corrected chi connectivity index (χ4v) is 7.67. The smallest absolute Gasteiger partial charge is 0.318 e. The molecule has 0 spiro atoms. The van der Waals surface area contributed by atoms with E-state index in [9.17, 15) is 10.1 Å². The first-order chi connectivity index (χ1) is 24.3. The van der Waals surface area contributed by atoms with E-state index in [2.05, 4.69) is 51.0 Å². The lowest BCUT2D eigenvalue weighted by Gasteiger charge is -2.42. The Balaban J connectivity index is 1.18. The average Bonchev–Trinajstić information content (AvgIpc) is 3.54. The number of halogens is 2. The normalized spacial score (nSPS) is 19.8. The second kappa shape index (κ2) is 14.6. The maximum Gasteiger partial charge on any atom is 0.318 e. The number of fused-ring (bicyclic) bond motifs is 2. The number of aryl methyl sites for hydroxylation is 1. The SMILES string of the molecule is Cc1cccc(/C=C(\F)C(=O)N2CCN(c3nc(OC[C@@H]4CCCN4C)nc4c3CCN(c3cccc5cccc(Cl)c35)C4)C[C@@H]2CC#N)n1. The number of benzene rings is 2. The molecule has 2 aromatic carbocycles. The van der Waals surface area contributed by atoms with Gasteiger partial charge in [0.05, 0.1) is 41.5 Å². The number of carbonyl (C=O) groups is 1. The number of nitriles is 1. The summed E-state index contributed by atoms with van der Waals surface area (Å²) in [4.78, 5) is 35.8. The number of pyridine rings is 1. The highest BCUT2D eigenvalue weighted by Gasteiger charge is 2.35. The lowest BCUT2D eigenvalue weighted by molar-refractivity contribution is -0.131. The van der Waals surface area contributed by atoms with Gasteiger partial charge in [0.2, 0.25) is 0 Å². The van der Waals surface area contributed by atoms with Crippen LogP contribution in [0.5, 0.6) is 6.01 Å². The Labute approximate surface area is 296 Å². The molecule has 5 heterocycles. The molecular weight excluding hydrogens is 655 g/mol. The van der Waals surface area contributed by atoms with E-state index < -0.39 is 17.8 Å². The van der Waals surface area contributed by atoms with Crippen LogP contribution < -0.4 is 14.5 Å². The maximum atomic E-state index is 15.3. The van der Waals surface area contributed by atoms with E-state index >= 15 is 4.39 Å². The van der Waals surface area contributed by atoms with Crippen LogP contribution in [0.15, 0.2) is 60.4 Å². The Morgan fingerprint density at radius 1 is 1.04 bits per heavy atom. The standard InChI is InChI=1S/C38H40ClFN8O2/c1-25-7-3-10-27(42-25)21-32(40)37(49)48-20-19-47(22-28(48)14-16-41)36-30-15-18-46(34-13-5-9-26-8-4-12-31(39)35(26)34)23-33(30)43-38(44-36)50-24-29-11-6-17-45(29)2/h3-5,7-10,12-13,21,28-29H,6,11,14-15,17-20,22-24H2,1-2H3/b32-21-/t28-,29-/m0/s1. The summed E-state index contributed by atoms with van der Waals surface area (Å²) in [6.07, 6.45) is 4.08. The van der Waals surface area contributed by atoms with Crippen molar-refractivity contribution >= 4 is 45.9 Å². The van der Waals surface area contributed by atoms with Gasteiger partial charge in [-0.15, -0.1) is 0 Å². The Bertz CT molecular complexity index is 1980. The van der Waals surface area contributed by atoms with E-state index in [1.807, 2.05) is 31.2 Å². The van der Waals surface area contributed by atoms with Crippen LogP contribution in [0.2, 0.25) is 5.02 Å². The van der Waals surface area contributed by atoms with Crippen LogP contribution in [-0.4, -0.2) is 89.1 Å². The van der Waals surface area contributed by atoms with E-state index in [1.165, 1.54) is 4.90 Å². The molecular formula is C38H40ClFN8O2. The highest BCUT2D eigenvalue weighted by molar-refractivity contribution is 6.36. The number of carbonyl (C=O) groups excluding carboxylic acids is 1. The molecule has 2 saturated heterocycles. The van der Waals surface area contributed by atoms with Gasteiger partial charge < -0.3 is 24.3 Å². The minimum atomic E-state index is -0.903. The molecule has 2 fully saturated rings. The van der Waals surface area contributed by atoms with Gasteiger partial charge in [-0.2, -0.15) is 15.2 Å². The van der Waals surface area contributed by atoms with Gasteiger partial charge in [-0.25, -0.2) is 4.39 Å². The summed E-state index contributed by atoms with van der Waals surface area (Å²) in [5.41, 5.74) is 4.03. The number of rotatable bonds is 8. The molecule has 50 heavy (non-hydrogen) atoms. The largest absolute Gasteiger partial charge is 0.462 e. The number of hydrogen-bond donors (Lipinski definition) is 0. The zero-order valence-electron chi connectivity index (χ0n) is 28.4. The van der Waals surface area contributed by atoms with Crippen molar-refractivity contribution in [1.29, 1.82) is 5.26 Å². The Morgan fingerprint density at radius 2 is 1.86 bits per heavy atom. The summed E-state index contributed by atoms with van der Waals surface area (Å²) in [6, 6.07) is 19.7. The Kier molecular flexibility index (Phi) is 9.83. The molecule has 0 aliphatic carbocycles. The average molecular weight is 695 g/mol.